The standard InChI is InChI=1S/C17H21F2N5OS/c1-12-22-13(8-26-12)7-23-4-2-16(9-23)10-24(5-3-17(16,18)19)15(25)14-6-20-11-21-14/h6,8,11H,2-5,7,9-10H2,1H3,(H,20,21). The number of aromatic amines is 1. The van der Waals surface area contributed by atoms with Crippen LogP contribution >= 0.6 is 11.3 Å². The quantitative estimate of drug-likeness (QED) is 0.888. The van der Waals surface area contributed by atoms with Crippen molar-refractivity contribution >= 4 is 17.2 Å². The molecule has 9 heteroatoms. The van der Waals surface area contributed by atoms with E-state index in [2.05, 4.69) is 15.0 Å². The predicted octanol–water partition coefficient (Wildman–Crippen LogP) is 2.55. The van der Waals surface area contributed by atoms with E-state index >= 15 is 0 Å². The summed E-state index contributed by atoms with van der Waals surface area (Å²) in [5.41, 5.74) is 0.0821. The van der Waals surface area contributed by atoms with Crippen molar-refractivity contribution in [3.63, 3.8) is 0 Å². The number of nitrogens with zero attached hydrogens (tertiary/aromatic N) is 4. The van der Waals surface area contributed by atoms with E-state index in [4.69, 9.17) is 0 Å². The van der Waals surface area contributed by atoms with Crippen LogP contribution in [-0.4, -0.2) is 62.8 Å². The van der Waals surface area contributed by atoms with Gasteiger partial charge in [-0.3, -0.25) is 9.69 Å². The summed E-state index contributed by atoms with van der Waals surface area (Å²) in [5, 5.41) is 2.96. The number of thiazole rings is 1. The summed E-state index contributed by atoms with van der Waals surface area (Å²) in [5.74, 6) is -3.03. The Morgan fingerprint density at radius 2 is 2.19 bits per heavy atom. The molecule has 0 aromatic carbocycles. The number of likely N-dealkylation sites (tertiary alicyclic amines) is 2. The first-order valence-electron chi connectivity index (χ1n) is 8.67. The van der Waals surface area contributed by atoms with Crippen molar-refractivity contribution in [3.8, 4) is 0 Å². The summed E-state index contributed by atoms with van der Waals surface area (Å²) in [7, 11) is 0. The fourth-order valence-electron chi connectivity index (χ4n) is 4.05. The molecule has 0 bridgehead atoms. The van der Waals surface area contributed by atoms with Crippen molar-refractivity contribution in [2.24, 2.45) is 5.41 Å². The van der Waals surface area contributed by atoms with Crippen molar-refractivity contribution in [2.45, 2.75) is 32.2 Å². The van der Waals surface area contributed by atoms with E-state index in [0.717, 1.165) is 10.7 Å². The number of aromatic nitrogens is 3. The second-order valence-corrected chi connectivity index (χ2v) is 8.31. The lowest BCUT2D eigenvalue weighted by atomic mass is 9.75. The maximum Gasteiger partial charge on any atom is 0.271 e. The summed E-state index contributed by atoms with van der Waals surface area (Å²) in [6, 6.07) is 0. The van der Waals surface area contributed by atoms with Crippen LogP contribution in [0.3, 0.4) is 0 Å². The minimum atomic E-state index is -2.77. The number of amides is 1. The first-order valence-corrected chi connectivity index (χ1v) is 9.55. The number of piperidine rings is 1. The van der Waals surface area contributed by atoms with E-state index in [-0.39, 0.29) is 32.0 Å². The first-order chi connectivity index (χ1) is 12.4. The van der Waals surface area contributed by atoms with Crippen LogP contribution in [0.2, 0.25) is 0 Å². The number of hydrogen-bond donors (Lipinski definition) is 1. The molecule has 1 unspecified atom stereocenters. The minimum absolute atomic E-state index is 0.0673. The molecule has 2 aliphatic heterocycles. The highest BCUT2D eigenvalue weighted by Crippen LogP contribution is 2.49. The third kappa shape index (κ3) is 3.03. The molecule has 2 aromatic heterocycles. The first kappa shape index (κ1) is 17.5. The molecule has 2 aromatic rings. The van der Waals surface area contributed by atoms with E-state index in [9.17, 15) is 13.6 Å². The van der Waals surface area contributed by atoms with Crippen LogP contribution in [-0.2, 0) is 6.54 Å². The lowest BCUT2D eigenvalue weighted by Crippen LogP contribution is -2.58. The van der Waals surface area contributed by atoms with Gasteiger partial charge in [-0.25, -0.2) is 18.7 Å². The zero-order chi connectivity index (χ0) is 18.4. The largest absolute Gasteiger partial charge is 0.341 e. The molecule has 2 aliphatic rings. The predicted molar refractivity (Wildman–Crippen MR) is 93.2 cm³/mol. The van der Waals surface area contributed by atoms with Crippen molar-refractivity contribution in [2.75, 3.05) is 26.2 Å². The van der Waals surface area contributed by atoms with Crippen LogP contribution in [0, 0.1) is 12.3 Å². The molecule has 140 valence electrons. The Labute approximate surface area is 154 Å². The molecular formula is C17H21F2N5OS. The Kier molecular flexibility index (Phi) is 4.31. The topological polar surface area (TPSA) is 65.1 Å². The lowest BCUT2D eigenvalue weighted by molar-refractivity contribution is -0.155. The summed E-state index contributed by atoms with van der Waals surface area (Å²) in [6.45, 7) is 3.54. The zero-order valence-electron chi connectivity index (χ0n) is 14.5. The van der Waals surface area contributed by atoms with E-state index in [1.807, 2.05) is 17.2 Å². The number of carbonyl (C=O) groups excluding carboxylic acids is 1. The molecule has 0 aliphatic carbocycles. The third-order valence-corrected chi connectivity index (χ3v) is 6.29. The van der Waals surface area contributed by atoms with Gasteiger partial charge >= 0.3 is 0 Å². The average molecular weight is 381 g/mol. The van der Waals surface area contributed by atoms with Gasteiger partial charge in [-0.2, -0.15) is 0 Å². The van der Waals surface area contributed by atoms with Gasteiger partial charge in [-0.15, -0.1) is 11.3 Å². The van der Waals surface area contributed by atoms with Gasteiger partial charge < -0.3 is 9.88 Å². The summed E-state index contributed by atoms with van der Waals surface area (Å²) in [4.78, 5) is 27.2. The monoisotopic (exact) mass is 381 g/mol. The summed E-state index contributed by atoms with van der Waals surface area (Å²) >= 11 is 1.57. The van der Waals surface area contributed by atoms with Crippen molar-refractivity contribution in [1.29, 1.82) is 0 Å². The number of carbonyl (C=O) groups is 1. The van der Waals surface area contributed by atoms with Gasteiger partial charge in [0.1, 0.15) is 5.69 Å². The maximum atomic E-state index is 14.9. The van der Waals surface area contributed by atoms with E-state index in [0.29, 0.717) is 25.2 Å². The molecule has 0 saturated carbocycles. The van der Waals surface area contributed by atoms with Gasteiger partial charge in [0.05, 0.1) is 28.6 Å². The Hall–Kier alpha value is -1.87. The number of nitrogens with one attached hydrogen (secondary N) is 1. The molecule has 4 rings (SSSR count). The second kappa shape index (κ2) is 6.38. The van der Waals surface area contributed by atoms with Gasteiger partial charge in [0, 0.05) is 38.0 Å². The van der Waals surface area contributed by atoms with Gasteiger partial charge in [-0.05, 0) is 19.9 Å². The minimum Gasteiger partial charge on any atom is -0.341 e. The smallest absolute Gasteiger partial charge is 0.271 e. The molecule has 1 N–H and O–H groups in total. The van der Waals surface area contributed by atoms with Gasteiger partial charge in [0.15, 0.2) is 0 Å². The Morgan fingerprint density at radius 3 is 2.88 bits per heavy atom. The SMILES string of the molecule is Cc1nc(CN2CCC3(C2)CN(C(=O)c2cnc[nH]2)CCC3(F)F)cs1. The normalized spacial score (nSPS) is 25.9. The van der Waals surface area contributed by atoms with Gasteiger partial charge in [0.2, 0.25) is 0 Å². The molecule has 0 radical (unpaired) electrons. The lowest BCUT2D eigenvalue weighted by Gasteiger charge is -2.45. The Bertz CT molecular complexity index is 793. The highest BCUT2D eigenvalue weighted by atomic mass is 32.1. The number of halogens is 2. The molecule has 1 spiro atoms. The van der Waals surface area contributed by atoms with Gasteiger partial charge in [-0.1, -0.05) is 0 Å². The Balaban J connectivity index is 1.50. The van der Waals surface area contributed by atoms with E-state index in [1.165, 1.54) is 12.5 Å². The maximum absolute atomic E-state index is 14.9. The van der Waals surface area contributed by atoms with Crippen LogP contribution in [0.5, 0.6) is 0 Å². The average Bonchev–Trinajstić information content (AvgIpc) is 3.33. The summed E-state index contributed by atoms with van der Waals surface area (Å²) < 4.78 is 29.7. The Morgan fingerprint density at radius 1 is 1.35 bits per heavy atom. The molecule has 6 nitrogen and oxygen atoms in total. The highest BCUT2D eigenvalue weighted by Gasteiger charge is 2.59. The zero-order valence-corrected chi connectivity index (χ0v) is 15.4. The fourth-order valence-corrected chi connectivity index (χ4v) is 4.65. The number of imidazole rings is 1. The molecule has 1 amide bonds. The van der Waals surface area contributed by atoms with Crippen molar-refractivity contribution < 1.29 is 13.6 Å². The molecule has 1 atom stereocenters. The number of H-pyrrole nitrogens is 1. The van der Waals surface area contributed by atoms with Gasteiger partial charge in [0.25, 0.3) is 11.8 Å². The van der Waals surface area contributed by atoms with Crippen molar-refractivity contribution in [3.05, 3.63) is 34.3 Å². The van der Waals surface area contributed by atoms with Crippen LogP contribution in [0.25, 0.3) is 0 Å². The van der Waals surface area contributed by atoms with Crippen LogP contribution in [0.1, 0.15) is 34.0 Å². The molecular weight excluding hydrogens is 360 g/mol. The highest BCUT2D eigenvalue weighted by molar-refractivity contribution is 7.09. The number of alkyl halides is 2. The van der Waals surface area contributed by atoms with Crippen molar-refractivity contribution in [1.82, 2.24) is 24.8 Å². The number of rotatable bonds is 3. The van der Waals surface area contributed by atoms with Crippen LogP contribution in [0.15, 0.2) is 17.9 Å². The molecule has 4 heterocycles. The number of aryl methyl sites for hydroxylation is 1. The molecule has 2 saturated heterocycles. The molecule has 2 fully saturated rings. The van der Waals surface area contributed by atoms with E-state index < -0.39 is 11.3 Å². The second-order valence-electron chi connectivity index (χ2n) is 7.25. The van der Waals surface area contributed by atoms with Crippen LogP contribution in [0.4, 0.5) is 8.78 Å². The summed E-state index contributed by atoms with van der Waals surface area (Å²) in [6.07, 6.45) is 2.95. The van der Waals surface area contributed by atoms with Crippen LogP contribution < -0.4 is 0 Å². The molecule has 26 heavy (non-hydrogen) atoms. The number of hydrogen-bond acceptors (Lipinski definition) is 5. The fraction of sp³-hybridized carbons (Fsp3) is 0.588. The van der Waals surface area contributed by atoms with E-state index in [1.54, 1.807) is 16.2 Å². The third-order valence-electron chi connectivity index (χ3n) is 5.47.